The SMILES string of the molecule is C#CC(C)(C)OC(=O)COc1c(C)cc(-[s+]2c(C)cc3ccccc32)cc1C. The predicted octanol–water partition coefficient (Wildman–Crippen LogP) is 5.84. The van der Waals surface area contributed by atoms with E-state index in [1.54, 1.807) is 13.8 Å². The minimum absolute atomic E-state index is 0.0748. The number of terminal acetylenes is 1. The number of carbonyl (C=O) groups excluding carboxylic acids is 1. The molecule has 1 unspecified atom stereocenters. The largest absolute Gasteiger partial charge is 0.481 e. The van der Waals surface area contributed by atoms with Gasteiger partial charge in [-0.15, -0.1) is 6.42 Å². The molecule has 1 atom stereocenters. The molecule has 0 radical (unpaired) electrons. The number of aryl methyl sites for hydroxylation is 3. The number of ether oxygens (including phenoxy) is 2. The van der Waals surface area contributed by atoms with Gasteiger partial charge in [-0.3, -0.25) is 0 Å². The van der Waals surface area contributed by atoms with Crippen LogP contribution in [-0.2, 0) is 9.53 Å². The van der Waals surface area contributed by atoms with E-state index in [1.165, 1.54) is 19.9 Å². The van der Waals surface area contributed by atoms with Crippen LogP contribution in [0.15, 0.2) is 42.5 Å². The van der Waals surface area contributed by atoms with Crippen LogP contribution < -0.4 is 4.74 Å². The molecule has 3 aromatic rings. The maximum atomic E-state index is 12.0. The lowest BCUT2D eigenvalue weighted by atomic mass is 10.1. The molecule has 4 heteroatoms. The van der Waals surface area contributed by atoms with Crippen LogP contribution in [0.1, 0.15) is 29.9 Å². The predicted molar refractivity (Wildman–Crippen MR) is 116 cm³/mol. The van der Waals surface area contributed by atoms with E-state index in [0.717, 1.165) is 16.9 Å². The summed E-state index contributed by atoms with van der Waals surface area (Å²) in [6.07, 6.45) is 5.36. The molecule has 1 heterocycles. The molecule has 0 aliphatic rings. The van der Waals surface area contributed by atoms with Crippen molar-refractivity contribution in [1.29, 1.82) is 0 Å². The van der Waals surface area contributed by atoms with E-state index in [0.29, 0.717) is 0 Å². The van der Waals surface area contributed by atoms with Crippen molar-refractivity contribution >= 4 is 26.5 Å². The number of carbonyl (C=O) groups is 1. The van der Waals surface area contributed by atoms with Gasteiger partial charge in [-0.25, -0.2) is 4.79 Å². The second-order valence-electron chi connectivity index (χ2n) is 7.40. The third kappa shape index (κ3) is 4.05. The maximum Gasteiger partial charge on any atom is 0.345 e. The van der Waals surface area contributed by atoms with Gasteiger partial charge in [0.05, 0.1) is 0 Å². The van der Waals surface area contributed by atoms with Crippen molar-refractivity contribution in [2.24, 2.45) is 0 Å². The molecule has 3 nitrogen and oxygen atoms in total. The Balaban J connectivity index is 1.87. The topological polar surface area (TPSA) is 35.5 Å². The van der Waals surface area contributed by atoms with E-state index in [9.17, 15) is 4.79 Å². The van der Waals surface area contributed by atoms with Gasteiger partial charge in [0.2, 0.25) is 0 Å². The summed E-state index contributed by atoms with van der Waals surface area (Å²) >= 11 is 0. The van der Waals surface area contributed by atoms with Gasteiger partial charge in [0.15, 0.2) is 26.7 Å². The summed E-state index contributed by atoms with van der Waals surface area (Å²) in [4.78, 5) is 14.6. The Morgan fingerprint density at radius 1 is 1.11 bits per heavy atom. The summed E-state index contributed by atoms with van der Waals surface area (Å²) in [5.74, 6) is 2.68. The highest BCUT2D eigenvalue weighted by Crippen LogP contribution is 2.45. The molecule has 0 bridgehead atoms. The third-order valence-electron chi connectivity index (χ3n) is 4.54. The minimum atomic E-state index is -0.935. The highest BCUT2D eigenvalue weighted by molar-refractivity contribution is 7.45. The number of hydrogen-bond donors (Lipinski definition) is 0. The molecule has 0 spiro atoms. The van der Waals surface area contributed by atoms with E-state index in [2.05, 4.69) is 55.3 Å². The Morgan fingerprint density at radius 3 is 2.39 bits per heavy atom. The van der Waals surface area contributed by atoms with Crippen LogP contribution in [0, 0.1) is 33.1 Å². The average molecular weight is 394 g/mol. The van der Waals surface area contributed by atoms with Gasteiger partial charge >= 0.3 is 5.97 Å². The number of hydrogen-bond acceptors (Lipinski definition) is 3. The molecule has 0 aliphatic carbocycles. The summed E-state index contributed by atoms with van der Waals surface area (Å²) in [7, 11) is -0.0748. The molecule has 1 aromatic heterocycles. The molecule has 0 aliphatic heterocycles. The number of fused-ring (bicyclic) bond motifs is 1. The summed E-state index contributed by atoms with van der Waals surface area (Å²) in [5, 5.41) is 1.29. The van der Waals surface area contributed by atoms with Crippen molar-refractivity contribution < 1.29 is 14.3 Å². The average Bonchev–Trinajstić information content (AvgIpc) is 2.96. The Morgan fingerprint density at radius 2 is 1.75 bits per heavy atom. The quantitative estimate of drug-likeness (QED) is 0.310. The van der Waals surface area contributed by atoms with Gasteiger partial charge < -0.3 is 9.47 Å². The molecule has 0 amide bonds. The van der Waals surface area contributed by atoms with E-state index in [-0.39, 0.29) is 17.1 Å². The van der Waals surface area contributed by atoms with Crippen molar-refractivity contribution in [2.75, 3.05) is 6.61 Å². The fourth-order valence-corrected chi connectivity index (χ4v) is 5.66. The lowest BCUT2D eigenvalue weighted by Crippen LogP contribution is -2.29. The molecular weight excluding hydrogens is 368 g/mol. The second kappa shape index (κ2) is 7.69. The molecule has 144 valence electrons. The lowest BCUT2D eigenvalue weighted by molar-refractivity contribution is -0.154. The molecular formula is C24H25O3S+. The van der Waals surface area contributed by atoms with Crippen LogP contribution >= 0.6 is 10.5 Å². The number of rotatable bonds is 5. The zero-order chi connectivity index (χ0) is 20.5. The number of thiophene rings is 1. The number of esters is 1. The van der Waals surface area contributed by atoms with Crippen LogP contribution in [0.5, 0.6) is 5.75 Å². The van der Waals surface area contributed by atoms with Crippen molar-refractivity contribution in [2.45, 2.75) is 40.2 Å². The van der Waals surface area contributed by atoms with Gasteiger partial charge in [-0.1, -0.05) is 18.1 Å². The van der Waals surface area contributed by atoms with Gasteiger partial charge in [0, 0.05) is 41.0 Å². The van der Waals surface area contributed by atoms with Crippen LogP contribution in [-0.4, -0.2) is 18.2 Å². The minimum Gasteiger partial charge on any atom is -0.481 e. The Hall–Kier alpha value is -2.77. The molecule has 2 aromatic carbocycles. The van der Waals surface area contributed by atoms with Crippen molar-refractivity contribution in [3.8, 4) is 23.0 Å². The first kappa shape index (κ1) is 20.0. The first-order chi connectivity index (χ1) is 13.2. The van der Waals surface area contributed by atoms with Gasteiger partial charge in [0.1, 0.15) is 5.75 Å². The Labute approximate surface area is 169 Å². The summed E-state index contributed by atoms with van der Waals surface area (Å²) in [6, 6.07) is 15.1. The standard InChI is InChI=1S/C24H25O3S/c1-7-24(5,6)27-22(25)15-26-23-16(2)12-20(13-17(23)3)28-18(4)14-19-10-8-9-11-21(19)28/h1,8-14H,15H2,2-6H3/q+1. The number of benzene rings is 2. The van der Waals surface area contributed by atoms with Gasteiger partial charge in [-0.05, 0) is 51.0 Å². The van der Waals surface area contributed by atoms with Crippen molar-refractivity contribution in [3.05, 3.63) is 58.5 Å². The zero-order valence-corrected chi connectivity index (χ0v) is 17.8. The lowest BCUT2D eigenvalue weighted by Gasteiger charge is -2.19. The highest BCUT2D eigenvalue weighted by Gasteiger charge is 2.23. The van der Waals surface area contributed by atoms with Crippen molar-refractivity contribution in [3.63, 3.8) is 0 Å². The van der Waals surface area contributed by atoms with Gasteiger partial charge in [-0.2, -0.15) is 0 Å². The van der Waals surface area contributed by atoms with Crippen LogP contribution in [0.4, 0.5) is 0 Å². The Bertz CT molecular complexity index is 1060. The van der Waals surface area contributed by atoms with E-state index in [4.69, 9.17) is 15.9 Å². The molecule has 3 rings (SSSR count). The second-order valence-corrected chi connectivity index (χ2v) is 9.57. The van der Waals surface area contributed by atoms with E-state index in [1.807, 2.05) is 13.8 Å². The molecule has 0 saturated heterocycles. The highest BCUT2D eigenvalue weighted by atomic mass is 32.2. The van der Waals surface area contributed by atoms with E-state index >= 15 is 0 Å². The van der Waals surface area contributed by atoms with Crippen molar-refractivity contribution in [1.82, 2.24) is 0 Å². The maximum absolute atomic E-state index is 12.0. The van der Waals surface area contributed by atoms with Gasteiger partial charge in [0.25, 0.3) is 0 Å². The smallest absolute Gasteiger partial charge is 0.345 e. The molecule has 28 heavy (non-hydrogen) atoms. The Kier molecular flexibility index (Phi) is 5.49. The first-order valence-electron chi connectivity index (χ1n) is 9.17. The summed E-state index contributed by atoms with van der Waals surface area (Å²) in [5.41, 5.74) is 1.07. The van der Waals surface area contributed by atoms with Crippen LogP contribution in [0.25, 0.3) is 15.0 Å². The third-order valence-corrected chi connectivity index (χ3v) is 6.82. The van der Waals surface area contributed by atoms with Crippen LogP contribution in [0.3, 0.4) is 0 Å². The summed E-state index contributed by atoms with van der Waals surface area (Å²) < 4.78 is 12.4. The molecule has 0 saturated carbocycles. The molecule has 0 N–H and O–H groups in total. The fourth-order valence-electron chi connectivity index (χ4n) is 3.28. The summed E-state index contributed by atoms with van der Waals surface area (Å²) in [6.45, 7) is 9.37. The fraction of sp³-hybridized carbons (Fsp3) is 0.292. The normalized spacial score (nSPS) is 11.9. The van der Waals surface area contributed by atoms with Crippen LogP contribution in [0.2, 0.25) is 0 Å². The first-order valence-corrected chi connectivity index (χ1v) is 10.4. The molecule has 0 fully saturated rings. The van der Waals surface area contributed by atoms with E-state index < -0.39 is 11.6 Å². The monoisotopic (exact) mass is 393 g/mol. The zero-order valence-electron chi connectivity index (χ0n) is 17.0.